The Balaban J connectivity index is 1.69. The van der Waals surface area contributed by atoms with Crippen LogP contribution >= 0.6 is 0 Å². The van der Waals surface area contributed by atoms with Gasteiger partial charge in [-0.1, -0.05) is 0 Å². The quantitative estimate of drug-likeness (QED) is 0.876. The molecule has 1 spiro atoms. The van der Waals surface area contributed by atoms with Gasteiger partial charge in [0.2, 0.25) is 0 Å². The molecule has 0 aliphatic carbocycles. The van der Waals surface area contributed by atoms with E-state index in [0.29, 0.717) is 11.3 Å². The summed E-state index contributed by atoms with van der Waals surface area (Å²) in [7, 11) is 0. The number of nitrogens with two attached hydrogens (primary N) is 1. The zero-order valence-corrected chi connectivity index (χ0v) is 12.7. The van der Waals surface area contributed by atoms with Crippen molar-refractivity contribution < 1.29 is 17.9 Å². The number of nitrogens with zero attached hydrogens (tertiary/aromatic N) is 3. The minimum atomic E-state index is -4.82. The molecule has 4 heterocycles. The Kier molecular flexibility index (Phi) is 3.24. The van der Waals surface area contributed by atoms with Crippen LogP contribution in [0.3, 0.4) is 0 Å². The van der Waals surface area contributed by atoms with Gasteiger partial charge in [0.25, 0.3) is 0 Å². The summed E-state index contributed by atoms with van der Waals surface area (Å²) in [5.41, 5.74) is 7.71. The van der Waals surface area contributed by atoms with Crippen LogP contribution in [-0.2, 0) is 12.0 Å². The molecule has 1 fully saturated rings. The number of anilines is 1. The fourth-order valence-corrected chi connectivity index (χ4v) is 3.58. The topological polar surface area (TPSA) is 78.0 Å². The lowest BCUT2D eigenvalue weighted by Crippen LogP contribution is -2.25. The Hall–Kier alpha value is -2.29. The Morgan fingerprint density at radius 3 is 2.83 bits per heavy atom. The molecule has 1 atom stereocenters. The number of aromatic nitrogens is 3. The van der Waals surface area contributed by atoms with Crippen LogP contribution in [0, 0.1) is 0 Å². The number of nitrogens with one attached hydrogen (secondary N) is 1. The second-order valence-corrected chi connectivity index (χ2v) is 6.25. The molecule has 2 aromatic heterocycles. The largest absolute Gasteiger partial charge is 0.573 e. The van der Waals surface area contributed by atoms with Gasteiger partial charge in [-0.25, -0.2) is 4.98 Å². The van der Waals surface area contributed by atoms with Crippen molar-refractivity contribution in [2.24, 2.45) is 0 Å². The van der Waals surface area contributed by atoms with Crippen LogP contribution in [0.25, 0.3) is 11.3 Å². The molecule has 0 radical (unpaired) electrons. The predicted octanol–water partition coefficient (Wildman–Crippen LogP) is 2.06. The minimum Gasteiger partial charge on any atom is -0.402 e. The molecular weight excluding hydrogens is 323 g/mol. The molecule has 0 unspecified atom stereocenters. The van der Waals surface area contributed by atoms with Crippen molar-refractivity contribution in [3.63, 3.8) is 0 Å². The molecule has 24 heavy (non-hydrogen) atoms. The fourth-order valence-electron chi connectivity index (χ4n) is 3.58. The van der Waals surface area contributed by atoms with Gasteiger partial charge in [0.15, 0.2) is 11.6 Å². The second kappa shape index (κ2) is 5.10. The lowest BCUT2D eigenvalue weighted by molar-refractivity contribution is -0.274. The van der Waals surface area contributed by atoms with Crippen LogP contribution in [0.4, 0.5) is 19.0 Å². The average molecular weight is 339 g/mol. The standard InChI is InChI=1S/C15H16F3N5O/c16-15(17,18)24-11-5-9(7-21-13(11)19)10-6-12-14(1-3-20-8-14)2-4-23(12)22-10/h5-7,20H,1-4,8H2,(H2,19,21)/t14-/m1/s1. The van der Waals surface area contributed by atoms with Crippen LogP contribution in [-0.4, -0.2) is 34.2 Å². The molecular formula is C15H16F3N5O. The van der Waals surface area contributed by atoms with E-state index in [2.05, 4.69) is 20.1 Å². The van der Waals surface area contributed by atoms with Gasteiger partial charge in [0, 0.05) is 36.0 Å². The number of halogens is 3. The van der Waals surface area contributed by atoms with E-state index in [1.807, 2.05) is 10.7 Å². The smallest absolute Gasteiger partial charge is 0.402 e. The molecule has 1 saturated heterocycles. The zero-order valence-electron chi connectivity index (χ0n) is 12.7. The Morgan fingerprint density at radius 2 is 2.12 bits per heavy atom. The third-order valence-electron chi connectivity index (χ3n) is 4.77. The number of nitrogen functional groups attached to an aromatic ring is 1. The molecule has 6 nitrogen and oxygen atoms in total. The van der Waals surface area contributed by atoms with Gasteiger partial charge < -0.3 is 15.8 Å². The zero-order chi connectivity index (χ0) is 16.9. The molecule has 2 aliphatic rings. The Morgan fingerprint density at radius 1 is 1.29 bits per heavy atom. The van der Waals surface area contributed by atoms with Crippen molar-refractivity contribution in [3.8, 4) is 17.0 Å². The Labute approximate surface area is 135 Å². The van der Waals surface area contributed by atoms with Gasteiger partial charge in [-0.15, -0.1) is 13.2 Å². The van der Waals surface area contributed by atoms with Crippen molar-refractivity contribution in [2.75, 3.05) is 18.8 Å². The number of alkyl halides is 3. The van der Waals surface area contributed by atoms with Gasteiger partial charge in [-0.3, -0.25) is 4.68 Å². The molecule has 4 rings (SSSR count). The van der Waals surface area contributed by atoms with Crippen LogP contribution in [0.2, 0.25) is 0 Å². The van der Waals surface area contributed by atoms with Crippen LogP contribution in [0.1, 0.15) is 18.5 Å². The number of rotatable bonds is 2. The van der Waals surface area contributed by atoms with Gasteiger partial charge >= 0.3 is 6.36 Å². The first-order valence-corrected chi connectivity index (χ1v) is 7.67. The van der Waals surface area contributed by atoms with E-state index in [4.69, 9.17) is 5.73 Å². The average Bonchev–Trinajstić information content (AvgIpc) is 3.19. The first-order chi connectivity index (χ1) is 11.4. The third kappa shape index (κ3) is 2.48. The van der Waals surface area contributed by atoms with Crippen LogP contribution in [0.5, 0.6) is 5.75 Å². The molecule has 0 saturated carbocycles. The van der Waals surface area contributed by atoms with E-state index in [1.54, 1.807) is 0 Å². The van der Waals surface area contributed by atoms with E-state index in [9.17, 15) is 13.2 Å². The monoisotopic (exact) mass is 339 g/mol. The van der Waals surface area contributed by atoms with Gasteiger partial charge in [0.1, 0.15) is 0 Å². The third-order valence-corrected chi connectivity index (χ3v) is 4.77. The summed E-state index contributed by atoms with van der Waals surface area (Å²) in [6, 6.07) is 3.16. The minimum absolute atomic E-state index is 0.0811. The fraction of sp³-hybridized carbons (Fsp3) is 0.467. The van der Waals surface area contributed by atoms with Gasteiger partial charge in [-0.2, -0.15) is 5.10 Å². The number of hydrogen-bond donors (Lipinski definition) is 2. The first-order valence-electron chi connectivity index (χ1n) is 7.67. The summed E-state index contributed by atoms with van der Waals surface area (Å²) in [4.78, 5) is 3.80. The SMILES string of the molecule is Nc1ncc(-c2cc3n(n2)CC[C@@]32CCNC2)cc1OC(F)(F)F. The molecule has 128 valence electrons. The van der Waals surface area contributed by atoms with Crippen molar-refractivity contribution in [2.45, 2.75) is 31.2 Å². The van der Waals surface area contributed by atoms with Crippen molar-refractivity contribution in [1.82, 2.24) is 20.1 Å². The van der Waals surface area contributed by atoms with E-state index < -0.39 is 12.1 Å². The van der Waals surface area contributed by atoms with Gasteiger partial charge in [-0.05, 0) is 31.5 Å². The first kappa shape index (κ1) is 15.3. The highest BCUT2D eigenvalue weighted by molar-refractivity contribution is 5.64. The van der Waals surface area contributed by atoms with Crippen molar-refractivity contribution >= 4 is 5.82 Å². The highest BCUT2D eigenvalue weighted by Gasteiger charge is 2.42. The lowest BCUT2D eigenvalue weighted by atomic mass is 9.82. The summed E-state index contributed by atoms with van der Waals surface area (Å²) in [6.07, 6.45) is -1.33. The van der Waals surface area contributed by atoms with Gasteiger partial charge in [0.05, 0.1) is 5.69 Å². The molecule has 2 aromatic rings. The Bertz CT molecular complexity index is 780. The highest BCUT2D eigenvalue weighted by atomic mass is 19.4. The summed E-state index contributed by atoms with van der Waals surface area (Å²) in [5, 5.41) is 7.89. The highest BCUT2D eigenvalue weighted by Crippen LogP contribution is 2.41. The molecule has 0 aromatic carbocycles. The maximum absolute atomic E-state index is 12.5. The summed E-state index contributed by atoms with van der Waals surface area (Å²) < 4.78 is 43.2. The molecule has 0 bridgehead atoms. The number of pyridine rings is 1. The van der Waals surface area contributed by atoms with Crippen LogP contribution < -0.4 is 15.8 Å². The molecule has 2 aliphatic heterocycles. The molecule has 3 N–H and O–H groups in total. The maximum Gasteiger partial charge on any atom is 0.573 e. The van der Waals surface area contributed by atoms with E-state index in [0.717, 1.165) is 38.2 Å². The lowest BCUT2D eigenvalue weighted by Gasteiger charge is -2.20. The number of ether oxygens (including phenoxy) is 1. The predicted molar refractivity (Wildman–Crippen MR) is 80.3 cm³/mol. The van der Waals surface area contributed by atoms with Crippen molar-refractivity contribution in [3.05, 3.63) is 24.0 Å². The van der Waals surface area contributed by atoms with E-state index >= 15 is 0 Å². The second-order valence-electron chi connectivity index (χ2n) is 6.25. The molecule has 9 heteroatoms. The number of fused-ring (bicyclic) bond motifs is 2. The maximum atomic E-state index is 12.5. The summed E-state index contributed by atoms with van der Waals surface area (Å²) in [5.74, 6) is -0.815. The van der Waals surface area contributed by atoms with Crippen LogP contribution in [0.15, 0.2) is 18.3 Å². The summed E-state index contributed by atoms with van der Waals surface area (Å²) >= 11 is 0. The normalized spacial score (nSPS) is 23.0. The summed E-state index contributed by atoms with van der Waals surface area (Å²) in [6.45, 7) is 2.68. The number of hydrogen-bond acceptors (Lipinski definition) is 5. The van der Waals surface area contributed by atoms with E-state index in [-0.39, 0.29) is 11.2 Å². The number of aryl methyl sites for hydroxylation is 1. The van der Waals surface area contributed by atoms with Crippen molar-refractivity contribution in [1.29, 1.82) is 0 Å². The molecule has 0 amide bonds. The van der Waals surface area contributed by atoms with E-state index in [1.165, 1.54) is 12.3 Å².